The monoisotopic (exact) mass is 338 g/mol. The molecule has 4 nitrogen and oxygen atoms in total. The van der Waals surface area contributed by atoms with Gasteiger partial charge >= 0.3 is 0 Å². The minimum absolute atomic E-state index is 0.0123. The Balaban J connectivity index is 1.82. The topological polar surface area (TPSA) is 53.4 Å². The van der Waals surface area contributed by atoms with E-state index in [-0.39, 0.29) is 17.9 Å². The first-order chi connectivity index (χ1) is 12.1. The summed E-state index contributed by atoms with van der Waals surface area (Å²) < 4.78 is 0. The van der Waals surface area contributed by atoms with E-state index in [0.29, 0.717) is 13.1 Å². The molecule has 0 spiro atoms. The van der Waals surface area contributed by atoms with Crippen LogP contribution in [0, 0.1) is 12.3 Å². The van der Waals surface area contributed by atoms with Crippen LogP contribution in [-0.2, 0) is 0 Å². The second-order valence-corrected chi connectivity index (χ2v) is 7.00. The van der Waals surface area contributed by atoms with Crippen molar-refractivity contribution in [3.8, 4) is 11.3 Å². The summed E-state index contributed by atoms with van der Waals surface area (Å²) in [7, 11) is 0. The van der Waals surface area contributed by atoms with Gasteiger partial charge in [-0.1, -0.05) is 25.1 Å². The zero-order valence-corrected chi connectivity index (χ0v) is 15.0. The van der Waals surface area contributed by atoms with Crippen molar-refractivity contribution >= 4 is 5.91 Å². The van der Waals surface area contributed by atoms with Gasteiger partial charge in [0.15, 0.2) is 0 Å². The van der Waals surface area contributed by atoms with Crippen LogP contribution in [0.1, 0.15) is 42.1 Å². The van der Waals surface area contributed by atoms with Crippen molar-refractivity contribution in [1.29, 1.82) is 0 Å². The number of aliphatic hydroxyl groups is 1. The Hall–Kier alpha value is -2.20. The number of benzene rings is 1. The maximum atomic E-state index is 13.0. The van der Waals surface area contributed by atoms with Gasteiger partial charge in [0.1, 0.15) is 0 Å². The van der Waals surface area contributed by atoms with Crippen LogP contribution in [0.3, 0.4) is 0 Å². The standard InChI is InChI=1S/C21H26N2O2/c1-3-21(15-24)10-13-23(14-11-21)20(25)18-8-6-7-17(16(18)2)19-9-4-5-12-22-19/h4-9,12,24H,3,10-11,13-15H2,1-2H3. The molecule has 2 aromatic rings. The fourth-order valence-corrected chi connectivity index (χ4v) is 3.64. The Labute approximate surface area is 149 Å². The number of hydrogen-bond donors (Lipinski definition) is 1. The van der Waals surface area contributed by atoms with E-state index in [1.807, 2.05) is 48.2 Å². The molecule has 1 N–H and O–H groups in total. The third-order valence-electron chi connectivity index (χ3n) is 5.70. The molecule has 132 valence electrons. The number of carbonyl (C=O) groups is 1. The molecular weight excluding hydrogens is 312 g/mol. The van der Waals surface area contributed by atoms with E-state index in [4.69, 9.17) is 0 Å². The van der Waals surface area contributed by atoms with Crippen LogP contribution >= 0.6 is 0 Å². The molecular formula is C21H26N2O2. The van der Waals surface area contributed by atoms with Crippen molar-refractivity contribution in [2.24, 2.45) is 5.41 Å². The van der Waals surface area contributed by atoms with Crippen molar-refractivity contribution in [1.82, 2.24) is 9.88 Å². The number of nitrogens with zero attached hydrogens (tertiary/aromatic N) is 2. The molecule has 25 heavy (non-hydrogen) atoms. The summed E-state index contributed by atoms with van der Waals surface area (Å²) in [5, 5.41) is 9.68. The van der Waals surface area contributed by atoms with Crippen molar-refractivity contribution in [3.63, 3.8) is 0 Å². The number of rotatable bonds is 4. The summed E-state index contributed by atoms with van der Waals surface area (Å²) in [6.07, 6.45) is 4.46. The molecule has 1 amide bonds. The molecule has 1 aliphatic rings. The molecule has 1 aliphatic heterocycles. The van der Waals surface area contributed by atoms with E-state index >= 15 is 0 Å². The maximum absolute atomic E-state index is 13.0. The quantitative estimate of drug-likeness (QED) is 0.925. The number of piperidine rings is 1. The van der Waals surface area contributed by atoms with Gasteiger partial charge in [-0.3, -0.25) is 9.78 Å². The van der Waals surface area contributed by atoms with Crippen LogP contribution in [0.5, 0.6) is 0 Å². The fraction of sp³-hybridized carbons (Fsp3) is 0.429. The molecule has 3 rings (SSSR count). The highest BCUT2D eigenvalue weighted by atomic mass is 16.3. The molecule has 0 radical (unpaired) electrons. The summed E-state index contributed by atoms with van der Waals surface area (Å²) in [5.74, 6) is 0.0814. The summed E-state index contributed by atoms with van der Waals surface area (Å²) in [5.41, 5.74) is 3.60. The first-order valence-electron chi connectivity index (χ1n) is 9.01. The van der Waals surface area contributed by atoms with Crippen molar-refractivity contribution in [2.75, 3.05) is 19.7 Å². The van der Waals surface area contributed by atoms with E-state index in [9.17, 15) is 9.90 Å². The summed E-state index contributed by atoms with van der Waals surface area (Å²) in [6.45, 7) is 5.74. The minimum atomic E-state index is -0.0123. The Morgan fingerprint density at radius 2 is 1.96 bits per heavy atom. The number of carbonyl (C=O) groups excluding carboxylic acids is 1. The van der Waals surface area contributed by atoms with Crippen LogP contribution in [-0.4, -0.2) is 40.6 Å². The number of pyridine rings is 1. The maximum Gasteiger partial charge on any atom is 0.254 e. The highest BCUT2D eigenvalue weighted by Gasteiger charge is 2.34. The van der Waals surface area contributed by atoms with Gasteiger partial charge in [0.05, 0.1) is 5.69 Å². The molecule has 1 fully saturated rings. The molecule has 0 bridgehead atoms. The Morgan fingerprint density at radius 1 is 1.20 bits per heavy atom. The minimum Gasteiger partial charge on any atom is -0.396 e. The van der Waals surface area contributed by atoms with Gasteiger partial charge in [-0.25, -0.2) is 0 Å². The summed E-state index contributed by atoms with van der Waals surface area (Å²) in [4.78, 5) is 19.4. The predicted octanol–water partition coefficient (Wildman–Crippen LogP) is 3.68. The van der Waals surface area contributed by atoms with E-state index in [2.05, 4.69) is 11.9 Å². The van der Waals surface area contributed by atoms with E-state index < -0.39 is 0 Å². The Bertz CT molecular complexity index is 729. The lowest BCUT2D eigenvalue weighted by molar-refractivity contribution is 0.0338. The molecule has 0 unspecified atom stereocenters. The first kappa shape index (κ1) is 17.6. The van der Waals surface area contributed by atoms with E-state index in [0.717, 1.165) is 41.6 Å². The second kappa shape index (κ2) is 7.36. The molecule has 1 saturated heterocycles. The zero-order chi connectivity index (χ0) is 17.9. The molecule has 2 heterocycles. The van der Waals surface area contributed by atoms with Crippen LogP contribution in [0.15, 0.2) is 42.6 Å². The van der Waals surface area contributed by atoms with Gasteiger partial charge in [-0.05, 0) is 55.4 Å². The van der Waals surface area contributed by atoms with Gasteiger partial charge < -0.3 is 10.0 Å². The van der Waals surface area contributed by atoms with Gasteiger partial charge in [-0.2, -0.15) is 0 Å². The normalized spacial score (nSPS) is 16.7. The van der Waals surface area contributed by atoms with Crippen LogP contribution in [0.4, 0.5) is 0 Å². The largest absolute Gasteiger partial charge is 0.396 e. The van der Waals surface area contributed by atoms with Crippen LogP contribution in [0.25, 0.3) is 11.3 Å². The van der Waals surface area contributed by atoms with Crippen molar-refractivity contribution in [2.45, 2.75) is 33.1 Å². The first-order valence-corrected chi connectivity index (χ1v) is 9.01. The third-order valence-corrected chi connectivity index (χ3v) is 5.70. The van der Waals surface area contributed by atoms with Crippen molar-refractivity contribution < 1.29 is 9.90 Å². The van der Waals surface area contributed by atoms with E-state index in [1.54, 1.807) is 6.20 Å². The number of aromatic nitrogens is 1. The average Bonchev–Trinajstić information content (AvgIpc) is 2.68. The molecule has 4 heteroatoms. The smallest absolute Gasteiger partial charge is 0.254 e. The van der Waals surface area contributed by atoms with Gasteiger partial charge in [-0.15, -0.1) is 0 Å². The lowest BCUT2D eigenvalue weighted by Gasteiger charge is -2.40. The van der Waals surface area contributed by atoms with Crippen LogP contribution in [0.2, 0.25) is 0 Å². The Morgan fingerprint density at radius 3 is 2.56 bits per heavy atom. The van der Waals surface area contributed by atoms with Crippen molar-refractivity contribution in [3.05, 3.63) is 53.7 Å². The number of likely N-dealkylation sites (tertiary alicyclic amines) is 1. The molecule has 1 aromatic heterocycles. The molecule has 1 aromatic carbocycles. The van der Waals surface area contributed by atoms with Gasteiger partial charge in [0.2, 0.25) is 0 Å². The third kappa shape index (κ3) is 3.45. The fourth-order valence-electron chi connectivity index (χ4n) is 3.64. The van der Waals surface area contributed by atoms with Gasteiger partial charge in [0, 0.05) is 37.0 Å². The SMILES string of the molecule is CCC1(CO)CCN(C(=O)c2cccc(-c3ccccn3)c2C)CC1. The Kier molecular flexibility index (Phi) is 5.19. The zero-order valence-electron chi connectivity index (χ0n) is 15.0. The molecule has 0 atom stereocenters. The van der Waals surface area contributed by atoms with Crippen LogP contribution < -0.4 is 0 Å². The summed E-state index contributed by atoms with van der Waals surface area (Å²) >= 11 is 0. The number of aliphatic hydroxyl groups excluding tert-OH is 1. The highest BCUT2D eigenvalue weighted by molar-refractivity contribution is 5.97. The number of hydrogen-bond acceptors (Lipinski definition) is 3. The summed E-state index contributed by atoms with van der Waals surface area (Å²) in [6, 6.07) is 11.7. The second-order valence-electron chi connectivity index (χ2n) is 7.00. The number of amides is 1. The molecule has 0 aliphatic carbocycles. The molecule has 0 saturated carbocycles. The van der Waals surface area contributed by atoms with E-state index in [1.165, 1.54) is 0 Å². The predicted molar refractivity (Wildman–Crippen MR) is 99.4 cm³/mol. The lowest BCUT2D eigenvalue weighted by Crippen LogP contribution is -2.44. The highest BCUT2D eigenvalue weighted by Crippen LogP contribution is 2.35. The average molecular weight is 338 g/mol. The van der Waals surface area contributed by atoms with Gasteiger partial charge in [0.25, 0.3) is 5.91 Å². The lowest BCUT2D eigenvalue weighted by atomic mass is 9.77.